The van der Waals surface area contributed by atoms with Gasteiger partial charge in [0, 0.05) is 0 Å². The van der Waals surface area contributed by atoms with Crippen molar-refractivity contribution in [1.82, 2.24) is 14.3 Å². The minimum atomic E-state index is -1.57. The molecule has 138 valence electrons. The third-order valence-electron chi connectivity index (χ3n) is 3.81. The number of carboxylic acids is 1. The normalized spacial score (nSPS) is 10.6. The number of hydrogen-bond donors (Lipinski definition) is 1. The topological polar surface area (TPSA) is 103 Å². The third kappa shape index (κ3) is 3.61. The van der Waals surface area contributed by atoms with E-state index in [0.717, 1.165) is 21.4 Å². The largest absolute Gasteiger partial charge is 0.497 e. The number of carboxylic acid groups (broad SMARTS) is 1. The second kappa shape index (κ2) is 7.24. The molecule has 0 aliphatic heterocycles. The van der Waals surface area contributed by atoms with Gasteiger partial charge in [0.25, 0.3) is 5.56 Å². The van der Waals surface area contributed by atoms with E-state index in [4.69, 9.17) is 4.74 Å². The maximum Gasteiger partial charge on any atom is 0.362 e. The lowest BCUT2D eigenvalue weighted by Crippen LogP contribution is -2.44. The van der Waals surface area contributed by atoms with Crippen molar-refractivity contribution in [3.05, 3.63) is 86.4 Å². The van der Waals surface area contributed by atoms with Gasteiger partial charge in [-0.15, -0.1) is 0 Å². The van der Waals surface area contributed by atoms with E-state index >= 15 is 0 Å². The van der Waals surface area contributed by atoms with Gasteiger partial charge in [-0.05, 0) is 42.0 Å². The first kappa shape index (κ1) is 18.1. The van der Waals surface area contributed by atoms with E-state index in [0.29, 0.717) is 11.3 Å². The van der Waals surface area contributed by atoms with Gasteiger partial charge in [-0.2, -0.15) is 9.78 Å². The van der Waals surface area contributed by atoms with Crippen molar-refractivity contribution < 1.29 is 19.0 Å². The molecule has 3 aromatic rings. The summed E-state index contributed by atoms with van der Waals surface area (Å²) in [6.07, 6.45) is 0. The summed E-state index contributed by atoms with van der Waals surface area (Å²) in [6, 6.07) is 11.4. The second-order valence-electron chi connectivity index (χ2n) is 5.57. The van der Waals surface area contributed by atoms with Gasteiger partial charge in [-0.1, -0.05) is 12.1 Å². The Hall–Kier alpha value is -3.75. The molecular weight excluding hydrogens is 357 g/mol. The number of ether oxygens (including phenoxy) is 1. The van der Waals surface area contributed by atoms with Crippen LogP contribution in [-0.2, 0) is 6.54 Å². The first-order chi connectivity index (χ1) is 12.9. The number of nitrogens with zero attached hydrogens (tertiary/aromatic N) is 3. The van der Waals surface area contributed by atoms with Crippen LogP contribution in [0.4, 0.5) is 4.39 Å². The molecular formula is C18H14FN3O5. The van der Waals surface area contributed by atoms with Gasteiger partial charge in [0.15, 0.2) is 0 Å². The smallest absolute Gasteiger partial charge is 0.362 e. The summed E-state index contributed by atoms with van der Waals surface area (Å²) in [6.45, 7) is -0.182. The number of benzene rings is 2. The Kier molecular flexibility index (Phi) is 4.84. The van der Waals surface area contributed by atoms with Crippen LogP contribution in [0.1, 0.15) is 16.1 Å². The summed E-state index contributed by atoms with van der Waals surface area (Å²) >= 11 is 0. The van der Waals surface area contributed by atoms with Crippen LogP contribution in [0.3, 0.4) is 0 Å². The summed E-state index contributed by atoms with van der Waals surface area (Å²) in [4.78, 5) is 36.6. The van der Waals surface area contributed by atoms with E-state index in [9.17, 15) is 23.9 Å². The fourth-order valence-corrected chi connectivity index (χ4v) is 2.49. The highest BCUT2D eigenvalue weighted by molar-refractivity contribution is 5.84. The van der Waals surface area contributed by atoms with Crippen LogP contribution >= 0.6 is 0 Å². The van der Waals surface area contributed by atoms with Gasteiger partial charge in [0.05, 0.1) is 19.3 Å². The number of aromatic carboxylic acids is 1. The van der Waals surface area contributed by atoms with E-state index in [-0.39, 0.29) is 12.2 Å². The molecule has 1 aromatic heterocycles. The number of hydrogen-bond acceptors (Lipinski definition) is 5. The first-order valence-corrected chi connectivity index (χ1v) is 7.77. The molecule has 0 amide bonds. The molecule has 0 spiro atoms. The summed E-state index contributed by atoms with van der Waals surface area (Å²) in [5, 5.41) is 12.9. The summed E-state index contributed by atoms with van der Waals surface area (Å²) in [7, 11) is 1.47. The summed E-state index contributed by atoms with van der Waals surface area (Å²) < 4.78 is 19.8. The van der Waals surface area contributed by atoms with E-state index in [2.05, 4.69) is 5.10 Å². The van der Waals surface area contributed by atoms with Crippen molar-refractivity contribution in [1.29, 1.82) is 0 Å². The lowest BCUT2D eigenvalue weighted by Gasteiger charge is -2.11. The Morgan fingerprint density at radius 3 is 2.52 bits per heavy atom. The number of halogens is 1. The summed E-state index contributed by atoms with van der Waals surface area (Å²) in [5.41, 5.74) is -2.01. The number of methoxy groups -OCH3 is 1. The van der Waals surface area contributed by atoms with Crippen molar-refractivity contribution in [2.24, 2.45) is 0 Å². The monoisotopic (exact) mass is 371 g/mol. The minimum Gasteiger partial charge on any atom is -0.497 e. The molecule has 0 aliphatic carbocycles. The molecule has 3 rings (SSSR count). The van der Waals surface area contributed by atoms with Crippen LogP contribution in [0.5, 0.6) is 5.75 Å². The van der Waals surface area contributed by atoms with Gasteiger partial charge in [0.2, 0.25) is 5.69 Å². The Labute approximate surface area is 151 Å². The van der Waals surface area contributed by atoms with Crippen LogP contribution in [0.15, 0.2) is 58.1 Å². The third-order valence-corrected chi connectivity index (χ3v) is 3.81. The molecule has 0 atom stereocenters. The average Bonchev–Trinajstić information content (AvgIpc) is 2.66. The van der Waals surface area contributed by atoms with Gasteiger partial charge >= 0.3 is 11.7 Å². The molecule has 0 unspecified atom stereocenters. The number of rotatable bonds is 5. The maximum absolute atomic E-state index is 13.1. The number of carbonyl (C=O) groups is 1. The molecule has 9 heteroatoms. The van der Waals surface area contributed by atoms with Crippen LogP contribution in [0, 0.1) is 5.82 Å². The average molecular weight is 371 g/mol. The van der Waals surface area contributed by atoms with Crippen molar-refractivity contribution in [2.75, 3.05) is 7.11 Å². The molecule has 1 N–H and O–H groups in total. The molecule has 0 aliphatic rings. The van der Waals surface area contributed by atoms with E-state index in [1.807, 2.05) is 0 Å². The maximum atomic E-state index is 13.1. The Bertz CT molecular complexity index is 1120. The highest BCUT2D eigenvalue weighted by Crippen LogP contribution is 2.13. The summed E-state index contributed by atoms with van der Waals surface area (Å²) in [5.74, 6) is -1.59. The van der Waals surface area contributed by atoms with Gasteiger partial charge < -0.3 is 9.84 Å². The van der Waals surface area contributed by atoms with Crippen LogP contribution in [0.25, 0.3) is 5.69 Å². The first-order valence-electron chi connectivity index (χ1n) is 7.77. The molecule has 2 aromatic carbocycles. The van der Waals surface area contributed by atoms with Crippen molar-refractivity contribution >= 4 is 5.97 Å². The fraction of sp³-hybridized carbons (Fsp3) is 0.111. The van der Waals surface area contributed by atoms with Crippen molar-refractivity contribution in [2.45, 2.75) is 6.54 Å². The highest BCUT2D eigenvalue weighted by atomic mass is 19.1. The lowest BCUT2D eigenvalue weighted by atomic mass is 10.2. The van der Waals surface area contributed by atoms with Crippen molar-refractivity contribution in [3.63, 3.8) is 0 Å². The predicted molar refractivity (Wildman–Crippen MR) is 93.1 cm³/mol. The van der Waals surface area contributed by atoms with E-state index < -0.39 is 28.7 Å². The van der Waals surface area contributed by atoms with E-state index in [1.54, 1.807) is 24.3 Å². The molecule has 0 saturated heterocycles. The van der Waals surface area contributed by atoms with Crippen LogP contribution in [-0.4, -0.2) is 32.5 Å². The second-order valence-corrected chi connectivity index (χ2v) is 5.57. The zero-order chi connectivity index (χ0) is 19.6. The van der Waals surface area contributed by atoms with Gasteiger partial charge in [0.1, 0.15) is 11.6 Å². The molecule has 0 bridgehead atoms. The molecule has 8 nitrogen and oxygen atoms in total. The molecule has 27 heavy (non-hydrogen) atoms. The lowest BCUT2D eigenvalue weighted by molar-refractivity contribution is 0.0684. The quantitative estimate of drug-likeness (QED) is 0.725. The standard InChI is InChI=1S/C18H14FN3O5/c1-27-14-4-2-3-11(9-14)10-21-16(23)15(17(24)25)20-22(18(21)26)13-7-5-12(19)6-8-13/h2-9H,10H2,1H3,(H,24,25). The van der Waals surface area contributed by atoms with Crippen LogP contribution < -0.4 is 16.0 Å². The Morgan fingerprint density at radius 2 is 1.89 bits per heavy atom. The van der Waals surface area contributed by atoms with E-state index in [1.165, 1.54) is 19.2 Å². The van der Waals surface area contributed by atoms with Crippen LogP contribution in [0.2, 0.25) is 0 Å². The van der Waals surface area contributed by atoms with Gasteiger partial charge in [-0.25, -0.2) is 14.0 Å². The zero-order valence-electron chi connectivity index (χ0n) is 14.1. The molecule has 0 saturated carbocycles. The molecule has 0 fully saturated rings. The van der Waals surface area contributed by atoms with Gasteiger partial charge in [-0.3, -0.25) is 9.36 Å². The molecule has 0 radical (unpaired) electrons. The molecule has 1 heterocycles. The predicted octanol–water partition coefficient (Wildman–Crippen LogP) is 1.29. The Balaban J connectivity index is 2.20. The SMILES string of the molecule is COc1cccc(Cn2c(=O)c(C(=O)O)nn(-c3ccc(F)cc3)c2=O)c1. The zero-order valence-corrected chi connectivity index (χ0v) is 14.1. The fourth-order valence-electron chi connectivity index (χ4n) is 2.49. The van der Waals surface area contributed by atoms with Crippen molar-refractivity contribution in [3.8, 4) is 11.4 Å². The number of aromatic nitrogens is 3. The highest BCUT2D eigenvalue weighted by Gasteiger charge is 2.19. The minimum absolute atomic E-state index is 0.128. The Morgan fingerprint density at radius 1 is 1.19 bits per heavy atom.